The van der Waals surface area contributed by atoms with Crippen molar-refractivity contribution < 1.29 is 14.3 Å². The maximum absolute atomic E-state index is 12.0. The van der Waals surface area contributed by atoms with Gasteiger partial charge in [-0.1, -0.05) is 0 Å². The van der Waals surface area contributed by atoms with E-state index in [1.807, 2.05) is 30.7 Å². The SMILES string of the molecule is CC(=O)N(C)c1ccc(Nc2cc([C@H]3CC[C@@H](OC(=O)NC(C)C)C3)nn2C(C)(C)C)nc1. The Morgan fingerprint density at radius 2 is 1.97 bits per heavy atom. The quantitative estimate of drug-likeness (QED) is 0.662. The number of alkyl carbamates (subject to hydrolysis) is 1. The molecule has 0 saturated heterocycles. The molecule has 1 aliphatic rings. The Morgan fingerprint density at radius 3 is 2.55 bits per heavy atom. The van der Waals surface area contributed by atoms with Crippen LogP contribution in [0.1, 0.15) is 72.4 Å². The number of anilines is 3. The Morgan fingerprint density at radius 1 is 1.24 bits per heavy atom. The summed E-state index contributed by atoms with van der Waals surface area (Å²) in [6.07, 6.45) is 3.72. The van der Waals surface area contributed by atoms with Gasteiger partial charge in [-0.05, 0) is 66.0 Å². The van der Waals surface area contributed by atoms with Crippen LogP contribution in [0.3, 0.4) is 0 Å². The number of nitrogens with one attached hydrogen (secondary N) is 2. The minimum Gasteiger partial charge on any atom is -0.446 e. The summed E-state index contributed by atoms with van der Waals surface area (Å²) >= 11 is 0. The van der Waals surface area contributed by atoms with Gasteiger partial charge in [-0.2, -0.15) is 5.10 Å². The van der Waals surface area contributed by atoms with E-state index in [4.69, 9.17) is 9.84 Å². The summed E-state index contributed by atoms with van der Waals surface area (Å²) in [5.41, 5.74) is 1.48. The number of pyridine rings is 1. The first-order valence-electron chi connectivity index (χ1n) is 11.5. The number of carbonyl (C=O) groups excluding carboxylic acids is 2. The van der Waals surface area contributed by atoms with Gasteiger partial charge in [-0.25, -0.2) is 14.5 Å². The molecule has 0 unspecified atom stereocenters. The summed E-state index contributed by atoms with van der Waals surface area (Å²) in [6.45, 7) is 11.6. The Bertz CT molecular complexity index is 977. The van der Waals surface area contributed by atoms with E-state index in [9.17, 15) is 9.59 Å². The van der Waals surface area contributed by atoms with Crippen molar-refractivity contribution in [3.8, 4) is 0 Å². The van der Waals surface area contributed by atoms with Gasteiger partial charge in [0.1, 0.15) is 17.7 Å². The number of rotatable bonds is 6. The molecule has 2 amide bonds. The zero-order chi connectivity index (χ0) is 24.3. The van der Waals surface area contributed by atoms with Crippen molar-refractivity contribution in [2.24, 2.45) is 0 Å². The molecule has 2 aromatic rings. The van der Waals surface area contributed by atoms with Crippen LogP contribution in [0, 0.1) is 0 Å². The van der Waals surface area contributed by atoms with Crippen LogP contribution in [-0.4, -0.2) is 46.0 Å². The number of nitrogens with zero attached hydrogens (tertiary/aromatic N) is 4. The zero-order valence-electron chi connectivity index (χ0n) is 20.7. The van der Waals surface area contributed by atoms with Gasteiger partial charge in [0, 0.05) is 32.0 Å². The number of hydrogen-bond acceptors (Lipinski definition) is 6. The molecular formula is C24H36N6O3. The van der Waals surface area contributed by atoms with Gasteiger partial charge in [0.2, 0.25) is 5.91 Å². The molecular weight excluding hydrogens is 420 g/mol. The lowest BCUT2D eigenvalue weighted by atomic mass is 10.0. The molecule has 0 aliphatic heterocycles. The van der Waals surface area contributed by atoms with E-state index in [2.05, 4.69) is 42.5 Å². The molecule has 9 heteroatoms. The average molecular weight is 457 g/mol. The molecule has 3 rings (SSSR count). The number of hydrogen-bond donors (Lipinski definition) is 2. The third-order valence-corrected chi connectivity index (χ3v) is 5.71. The third kappa shape index (κ3) is 6.24. The highest BCUT2D eigenvalue weighted by molar-refractivity contribution is 5.90. The first-order chi connectivity index (χ1) is 15.4. The predicted molar refractivity (Wildman–Crippen MR) is 129 cm³/mol. The van der Waals surface area contributed by atoms with Gasteiger partial charge in [-0.15, -0.1) is 0 Å². The monoisotopic (exact) mass is 456 g/mol. The topological polar surface area (TPSA) is 101 Å². The first-order valence-corrected chi connectivity index (χ1v) is 11.5. The number of aromatic nitrogens is 3. The van der Waals surface area contributed by atoms with Gasteiger partial charge in [0.05, 0.1) is 23.1 Å². The van der Waals surface area contributed by atoms with Crippen LogP contribution < -0.4 is 15.5 Å². The maximum Gasteiger partial charge on any atom is 0.407 e. The van der Waals surface area contributed by atoms with Crippen LogP contribution in [0.2, 0.25) is 0 Å². The lowest BCUT2D eigenvalue weighted by Gasteiger charge is -2.23. The third-order valence-electron chi connectivity index (χ3n) is 5.71. The summed E-state index contributed by atoms with van der Waals surface area (Å²) in [4.78, 5) is 29.5. The van der Waals surface area contributed by atoms with Gasteiger partial charge < -0.3 is 20.3 Å². The van der Waals surface area contributed by atoms with Crippen LogP contribution >= 0.6 is 0 Å². The molecule has 0 bridgehead atoms. The largest absolute Gasteiger partial charge is 0.446 e. The van der Waals surface area contributed by atoms with Crippen molar-refractivity contribution in [3.05, 3.63) is 30.1 Å². The number of amides is 2. The first kappa shape index (κ1) is 24.5. The molecule has 1 aliphatic carbocycles. The normalized spacial score (nSPS) is 18.3. The molecule has 2 atom stereocenters. The van der Waals surface area contributed by atoms with Crippen LogP contribution in [0.25, 0.3) is 0 Å². The second-order valence-corrected chi connectivity index (χ2v) is 9.98. The molecule has 180 valence electrons. The van der Waals surface area contributed by atoms with E-state index in [1.54, 1.807) is 18.1 Å². The van der Waals surface area contributed by atoms with Gasteiger partial charge >= 0.3 is 6.09 Å². The van der Waals surface area contributed by atoms with Crippen LogP contribution in [-0.2, 0) is 15.1 Å². The Kier molecular flexibility index (Phi) is 7.29. The van der Waals surface area contributed by atoms with Crippen molar-refractivity contribution in [1.82, 2.24) is 20.1 Å². The Hall–Kier alpha value is -3.10. The average Bonchev–Trinajstić information content (AvgIpc) is 3.34. The fraction of sp³-hybridized carbons (Fsp3) is 0.583. The second kappa shape index (κ2) is 9.80. The van der Waals surface area contributed by atoms with Crippen LogP contribution in [0.15, 0.2) is 24.4 Å². The second-order valence-electron chi connectivity index (χ2n) is 9.98. The van der Waals surface area contributed by atoms with Crippen molar-refractivity contribution in [1.29, 1.82) is 0 Å². The van der Waals surface area contributed by atoms with Crippen molar-refractivity contribution in [2.75, 3.05) is 17.3 Å². The number of ether oxygens (including phenoxy) is 1. The van der Waals surface area contributed by atoms with Crippen LogP contribution in [0.5, 0.6) is 0 Å². The van der Waals surface area contributed by atoms with E-state index >= 15 is 0 Å². The molecule has 0 aromatic carbocycles. The summed E-state index contributed by atoms with van der Waals surface area (Å²) in [7, 11) is 1.72. The van der Waals surface area contributed by atoms with E-state index in [-0.39, 0.29) is 35.6 Å². The maximum atomic E-state index is 12.0. The molecule has 2 N–H and O–H groups in total. The fourth-order valence-corrected chi connectivity index (χ4v) is 3.91. The predicted octanol–water partition coefficient (Wildman–Crippen LogP) is 4.53. The van der Waals surface area contributed by atoms with Crippen LogP contribution in [0.4, 0.5) is 22.1 Å². The summed E-state index contributed by atoms with van der Waals surface area (Å²) < 4.78 is 7.55. The van der Waals surface area contributed by atoms with Gasteiger partial charge in [-0.3, -0.25) is 4.79 Å². The fourth-order valence-electron chi connectivity index (χ4n) is 3.91. The van der Waals surface area contributed by atoms with E-state index in [0.717, 1.165) is 36.5 Å². The van der Waals surface area contributed by atoms with E-state index < -0.39 is 0 Å². The van der Waals surface area contributed by atoms with E-state index in [0.29, 0.717) is 5.82 Å². The lowest BCUT2D eigenvalue weighted by molar-refractivity contribution is -0.116. The molecule has 1 fully saturated rings. The molecule has 1 saturated carbocycles. The van der Waals surface area contributed by atoms with Gasteiger partial charge in [0.15, 0.2) is 0 Å². The summed E-state index contributed by atoms with van der Waals surface area (Å²) in [5, 5.41) is 11.1. The Labute approximate surface area is 195 Å². The molecule has 33 heavy (non-hydrogen) atoms. The molecule has 9 nitrogen and oxygen atoms in total. The van der Waals surface area contributed by atoms with Gasteiger partial charge in [0.25, 0.3) is 0 Å². The summed E-state index contributed by atoms with van der Waals surface area (Å²) in [5.74, 6) is 1.70. The van der Waals surface area contributed by atoms with E-state index in [1.165, 1.54) is 6.92 Å². The highest BCUT2D eigenvalue weighted by Gasteiger charge is 2.32. The van der Waals surface area contributed by atoms with Crippen molar-refractivity contribution in [2.45, 2.75) is 84.4 Å². The molecule has 0 spiro atoms. The highest BCUT2D eigenvalue weighted by Crippen LogP contribution is 2.37. The number of carbonyl (C=O) groups is 2. The molecule has 2 aromatic heterocycles. The lowest BCUT2D eigenvalue weighted by Crippen LogP contribution is -2.33. The Balaban J connectivity index is 1.74. The standard InChI is InChI=1S/C24H36N6O3/c1-15(2)26-23(32)33-19-10-8-17(12-19)20-13-22(30(28-20)24(4,5)6)27-21-11-9-18(14-25-21)29(7)16(3)31/h9,11,13-15,17,19H,8,10,12H2,1-7H3,(H,25,27)(H,26,32)/t17-,19+/m0/s1. The highest BCUT2D eigenvalue weighted by atomic mass is 16.6. The minimum absolute atomic E-state index is 0.0477. The summed E-state index contributed by atoms with van der Waals surface area (Å²) in [6, 6.07) is 5.82. The van der Waals surface area contributed by atoms with Crippen molar-refractivity contribution in [3.63, 3.8) is 0 Å². The minimum atomic E-state index is -0.358. The molecule has 2 heterocycles. The zero-order valence-corrected chi connectivity index (χ0v) is 20.7. The van der Waals surface area contributed by atoms with Crippen molar-refractivity contribution >= 4 is 29.3 Å². The smallest absolute Gasteiger partial charge is 0.407 e. The molecule has 0 radical (unpaired) electrons.